The normalized spacial score (nSPS) is 10.6. The Morgan fingerprint density at radius 1 is 0.939 bits per heavy atom. The van der Waals surface area contributed by atoms with E-state index in [4.69, 9.17) is 14.2 Å². The number of rotatable bonds is 7. The van der Waals surface area contributed by atoms with E-state index in [0.29, 0.717) is 21.5 Å². The Labute approximate surface area is 197 Å². The predicted octanol–water partition coefficient (Wildman–Crippen LogP) is 3.86. The van der Waals surface area contributed by atoms with Gasteiger partial charge < -0.3 is 24.4 Å². The zero-order chi connectivity index (χ0) is 24.0. The van der Waals surface area contributed by atoms with E-state index in [-0.39, 0.29) is 22.6 Å². The van der Waals surface area contributed by atoms with Gasteiger partial charge in [0.25, 0.3) is 5.91 Å². The molecule has 0 bridgehead atoms. The summed E-state index contributed by atoms with van der Waals surface area (Å²) in [6.07, 6.45) is 1.29. The summed E-state index contributed by atoms with van der Waals surface area (Å²) >= 11 is 3.34. The Kier molecular flexibility index (Phi) is 7.52. The number of nitrogens with one attached hydrogen (secondary N) is 1. The number of hydrogen-bond donors (Lipinski definition) is 3. The van der Waals surface area contributed by atoms with Crippen molar-refractivity contribution in [3.8, 4) is 28.7 Å². The van der Waals surface area contributed by atoms with E-state index in [2.05, 4.69) is 26.5 Å². The summed E-state index contributed by atoms with van der Waals surface area (Å²) < 4.78 is 16.6. The van der Waals surface area contributed by atoms with Crippen LogP contribution in [0.15, 0.2) is 64.2 Å². The number of benzene rings is 3. The number of carbonyl (C=O) groups is 2. The predicted molar refractivity (Wildman–Crippen MR) is 123 cm³/mol. The van der Waals surface area contributed by atoms with Crippen LogP contribution >= 0.6 is 15.9 Å². The molecule has 9 nitrogen and oxygen atoms in total. The highest BCUT2D eigenvalue weighted by Crippen LogP contribution is 2.29. The third-order valence-corrected chi connectivity index (χ3v) is 4.88. The van der Waals surface area contributed by atoms with Crippen molar-refractivity contribution in [1.29, 1.82) is 0 Å². The molecule has 0 heterocycles. The van der Waals surface area contributed by atoms with Gasteiger partial charge in [0.1, 0.15) is 17.2 Å². The number of halogens is 1. The molecule has 170 valence electrons. The number of phenols is 2. The van der Waals surface area contributed by atoms with Crippen molar-refractivity contribution in [3.63, 3.8) is 0 Å². The van der Waals surface area contributed by atoms with E-state index >= 15 is 0 Å². The molecule has 0 aromatic heterocycles. The number of carbonyl (C=O) groups excluding carboxylic acids is 2. The first-order chi connectivity index (χ1) is 15.8. The number of phenolic OH excluding ortho intramolecular Hbond substituents is 2. The number of methoxy groups -OCH3 is 2. The highest BCUT2D eigenvalue weighted by Gasteiger charge is 2.15. The molecule has 3 aromatic carbocycles. The van der Waals surface area contributed by atoms with Crippen molar-refractivity contribution in [2.45, 2.75) is 0 Å². The smallest absolute Gasteiger partial charge is 0.343 e. The lowest BCUT2D eigenvalue weighted by molar-refractivity contribution is 0.0733. The Morgan fingerprint density at radius 2 is 1.67 bits per heavy atom. The standard InChI is InChI=1S/C23H19BrN2O7/c1-31-20-7-3-13(10-21(20)32-2)23(30)33-19-8-4-15(24)9-14(19)12-25-26-22(29)17-6-5-16(27)11-18(17)28/h3-12,27-28H,1-2H3,(H,26,29)/b25-12-. The van der Waals surface area contributed by atoms with Crippen LogP contribution in [0, 0.1) is 0 Å². The lowest BCUT2D eigenvalue weighted by Crippen LogP contribution is -2.18. The summed E-state index contributed by atoms with van der Waals surface area (Å²) in [5.74, 6) is -0.847. The number of nitrogens with zero attached hydrogens (tertiary/aromatic N) is 1. The molecule has 0 radical (unpaired) electrons. The summed E-state index contributed by atoms with van der Waals surface area (Å²) in [4.78, 5) is 24.9. The Balaban J connectivity index is 1.77. The first-order valence-electron chi connectivity index (χ1n) is 9.41. The molecule has 3 aromatic rings. The molecule has 0 aliphatic heterocycles. The van der Waals surface area contributed by atoms with Crippen LogP contribution in [0.4, 0.5) is 0 Å². The fraction of sp³-hybridized carbons (Fsp3) is 0.0870. The monoisotopic (exact) mass is 514 g/mol. The minimum atomic E-state index is -0.692. The van der Waals surface area contributed by atoms with Gasteiger partial charge in [-0.15, -0.1) is 0 Å². The topological polar surface area (TPSA) is 127 Å². The number of aromatic hydroxyl groups is 2. The van der Waals surface area contributed by atoms with Gasteiger partial charge in [0.15, 0.2) is 11.5 Å². The van der Waals surface area contributed by atoms with E-state index in [0.717, 1.165) is 6.07 Å². The number of esters is 1. The second-order valence-electron chi connectivity index (χ2n) is 6.54. The van der Waals surface area contributed by atoms with Gasteiger partial charge in [-0.05, 0) is 48.5 Å². The summed E-state index contributed by atoms with van der Waals surface area (Å²) in [6.45, 7) is 0. The van der Waals surface area contributed by atoms with Crippen LogP contribution in [0.25, 0.3) is 0 Å². The van der Waals surface area contributed by atoms with Crippen LogP contribution in [0.1, 0.15) is 26.3 Å². The summed E-state index contributed by atoms with van der Waals surface area (Å²) in [5.41, 5.74) is 2.84. The summed E-state index contributed by atoms with van der Waals surface area (Å²) in [5, 5.41) is 23.0. The van der Waals surface area contributed by atoms with Gasteiger partial charge in [0.2, 0.25) is 0 Å². The highest BCUT2D eigenvalue weighted by atomic mass is 79.9. The molecule has 0 saturated heterocycles. The van der Waals surface area contributed by atoms with Crippen LogP contribution in [0.2, 0.25) is 0 Å². The zero-order valence-corrected chi connectivity index (χ0v) is 19.1. The van der Waals surface area contributed by atoms with Crippen molar-refractivity contribution in [3.05, 3.63) is 75.8 Å². The van der Waals surface area contributed by atoms with Crippen molar-refractivity contribution in [2.75, 3.05) is 14.2 Å². The molecule has 0 atom stereocenters. The number of ether oxygens (including phenoxy) is 3. The largest absolute Gasteiger partial charge is 0.508 e. The molecular weight excluding hydrogens is 496 g/mol. The molecule has 0 fully saturated rings. The van der Waals surface area contributed by atoms with Gasteiger partial charge in [0, 0.05) is 16.1 Å². The number of amides is 1. The molecule has 0 unspecified atom stereocenters. The second kappa shape index (κ2) is 10.5. The first-order valence-corrected chi connectivity index (χ1v) is 10.2. The van der Waals surface area contributed by atoms with Crippen molar-refractivity contribution >= 4 is 34.0 Å². The Bertz CT molecular complexity index is 1230. The lowest BCUT2D eigenvalue weighted by atomic mass is 10.2. The van der Waals surface area contributed by atoms with E-state index in [1.807, 2.05) is 0 Å². The quantitative estimate of drug-likeness (QED) is 0.189. The molecule has 10 heteroatoms. The third-order valence-electron chi connectivity index (χ3n) is 4.39. The summed E-state index contributed by atoms with van der Waals surface area (Å²) in [6, 6.07) is 13.1. The fourth-order valence-electron chi connectivity index (χ4n) is 2.77. The van der Waals surface area contributed by atoms with Crippen molar-refractivity contribution < 1.29 is 34.0 Å². The van der Waals surface area contributed by atoms with E-state index in [1.54, 1.807) is 30.3 Å². The van der Waals surface area contributed by atoms with Gasteiger partial charge >= 0.3 is 5.97 Å². The van der Waals surface area contributed by atoms with Crippen LogP contribution in [0.5, 0.6) is 28.7 Å². The second-order valence-corrected chi connectivity index (χ2v) is 7.46. The minimum absolute atomic E-state index is 0.0701. The van der Waals surface area contributed by atoms with Crippen molar-refractivity contribution in [2.24, 2.45) is 5.10 Å². The van der Waals surface area contributed by atoms with Crippen LogP contribution in [-0.4, -0.2) is 42.5 Å². The third kappa shape index (κ3) is 5.80. The van der Waals surface area contributed by atoms with E-state index in [9.17, 15) is 19.8 Å². The molecular formula is C23H19BrN2O7. The van der Waals surface area contributed by atoms with E-state index in [1.165, 1.54) is 38.6 Å². The molecule has 0 aliphatic rings. The van der Waals surface area contributed by atoms with Gasteiger partial charge in [-0.2, -0.15) is 5.10 Å². The molecule has 33 heavy (non-hydrogen) atoms. The van der Waals surface area contributed by atoms with Crippen molar-refractivity contribution in [1.82, 2.24) is 5.43 Å². The molecule has 1 amide bonds. The molecule has 0 aliphatic carbocycles. The van der Waals surface area contributed by atoms with Crippen LogP contribution < -0.4 is 19.6 Å². The van der Waals surface area contributed by atoms with Crippen LogP contribution in [0.3, 0.4) is 0 Å². The van der Waals surface area contributed by atoms with Gasteiger partial charge in [-0.3, -0.25) is 4.79 Å². The minimum Gasteiger partial charge on any atom is -0.508 e. The molecule has 3 N–H and O–H groups in total. The summed E-state index contributed by atoms with van der Waals surface area (Å²) in [7, 11) is 2.95. The maximum Gasteiger partial charge on any atom is 0.343 e. The average Bonchev–Trinajstić information content (AvgIpc) is 2.80. The molecule has 0 saturated carbocycles. The SMILES string of the molecule is COc1ccc(C(=O)Oc2ccc(Br)cc2/C=N\NC(=O)c2ccc(O)cc2O)cc1OC. The Hall–Kier alpha value is -4.05. The first kappa shape index (κ1) is 23.6. The molecule has 3 rings (SSSR count). The van der Waals surface area contributed by atoms with E-state index < -0.39 is 17.6 Å². The van der Waals surface area contributed by atoms with Gasteiger partial charge in [0.05, 0.1) is 31.6 Å². The maximum atomic E-state index is 12.7. The average molecular weight is 515 g/mol. The number of hydrogen-bond acceptors (Lipinski definition) is 8. The maximum absolute atomic E-state index is 12.7. The molecule has 0 spiro atoms. The highest BCUT2D eigenvalue weighted by molar-refractivity contribution is 9.10. The lowest BCUT2D eigenvalue weighted by Gasteiger charge is -2.11. The van der Waals surface area contributed by atoms with Gasteiger partial charge in [-0.1, -0.05) is 15.9 Å². The van der Waals surface area contributed by atoms with Crippen LogP contribution in [-0.2, 0) is 0 Å². The van der Waals surface area contributed by atoms with Gasteiger partial charge in [-0.25, -0.2) is 10.2 Å². The zero-order valence-electron chi connectivity index (χ0n) is 17.5. The number of hydrazone groups is 1. The Morgan fingerprint density at radius 3 is 2.36 bits per heavy atom. The fourth-order valence-corrected chi connectivity index (χ4v) is 3.15.